The van der Waals surface area contributed by atoms with Gasteiger partial charge in [0.25, 0.3) is 0 Å². The fourth-order valence-corrected chi connectivity index (χ4v) is 1.96. The molecule has 2 N–H and O–H groups in total. The fourth-order valence-electron chi connectivity index (χ4n) is 1.73. The third-order valence-electron chi connectivity index (χ3n) is 2.65. The summed E-state index contributed by atoms with van der Waals surface area (Å²) in [5, 5.41) is 6.25. The van der Waals surface area contributed by atoms with E-state index in [1.54, 1.807) is 6.07 Å². The second-order valence-corrected chi connectivity index (χ2v) is 4.84. The molecule has 0 bridgehead atoms. The van der Waals surface area contributed by atoms with E-state index in [2.05, 4.69) is 10.6 Å². The maximum atomic E-state index is 13.7. The molecule has 0 aliphatic rings. The van der Waals surface area contributed by atoms with E-state index >= 15 is 0 Å². The first kappa shape index (κ1) is 13.5. The second kappa shape index (κ2) is 5.80. The lowest BCUT2D eigenvalue weighted by Gasteiger charge is -2.12. The minimum absolute atomic E-state index is 0.312. The van der Waals surface area contributed by atoms with Crippen molar-refractivity contribution >= 4 is 28.7 Å². The number of nitrogens with one attached hydrogen (secondary N) is 2. The summed E-state index contributed by atoms with van der Waals surface area (Å²) in [5.41, 5.74) is 3.26. The third kappa shape index (κ3) is 3.76. The van der Waals surface area contributed by atoms with Crippen LogP contribution in [0.25, 0.3) is 0 Å². The highest BCUT2D eigenvalue weighted by atomic mass is 32.1. The van der Waals surface area contributed by atoms with Gasteiger partial charge >= 0.3 is 0 Å². The van der Waals surface area contributed by atoms with Crippen molar-refractivity contribution in [2.75, 3.05) is 10.6 Å². The first-order valence-electron chi connectivity index (χ1n) is 5.95. The summed E-state index contributed by atoms with van der Waals surface area (Å²) in [6, 6.07) is 12.8. The Morgan fingerprint density at radius 2 is 1.74 bits per heavy atom. The normalized spacial score (nSPS) is 10.1. The number of aryl methyl sites for hydroxylation is 2. The number of hydrogen-bond donors (Lipinski definition) is 2. The zero-order chi connectivity index (χ0) is 13.8. The number of thiocarbonyl (C=S) groups is 1. The molecule has 2 aromatic rings. The van der Waals surface area contributed by atoms with Crippen LogP contribution in [0.15, 0.2) is 42.5 Å². The van der Waals surface area contributed by atoms with Crippen LogP contribution in [0.5, 0.6) is 0 Å². The first-order chi connectivity index (χ1) is 9.04. The van der Waals surface area contributed by atoms with Crippen molar-refractivity contribution in [1.29, 1.82) is 0 Å². The standard InChI is InChI=1S/C15H15FN2S/c1-10-4-3-5-12(8-10)17-15(19)18-14-7-6-11(2)9-13(14)16/h3-9H,1-2H3,(H2,17,18,19). The molecule has 0 radical (unpaired) electrons. The summed E-state index contributed by atoms with van der Waals surface area (Å²) < 4.78 is 13.7. The number of halogens is 1. The lowest BCUT2D eigenvalue weighted by Crippen LogP contribution is -2.19. The maximum Gasteiger partial charge on any atom is 0.175 e. The monoisotopic (exact) mass is 274 g/mol. The SMILES string of the molecule is Cc1cccc(NC(=S)Nc2ccc(C)cc2F)c1. The topological polar surface area (TPSA) is 24.1 Å². The summed E-state index contributed by atoms with van der Waals surface area (Å²) in [6.07, 6.45) is 0. The Morgan fingerprint density at radius 3 is 2.42 bits per heavy atom. The number of anilines is 2. The minimum Gasteiger partial charge on any atom is -0.332 e. The zero-order valence-electron chi connectivity index (χ0n) is 10.8. The van der Waals surface area contributed by atoms with Crippen LogP contribution in [-0.2, 0) is 0 Å². The largest absolute Gasteiger partial charge is 0.332 e. The molecular weight excluding hydrogens is 259 g/mol. The van der Waals surface area contributed by atoms with Crippen LogP contribution in [0.3, 0.4) is 0 Å². The van der Waals surface area contributed by atoms with Gasteiger partial charge in [0.1, 0.15) is 5.82 Å². The van der Waals surface area contributed by atoms with Crippen molar-refractivity contribution in [2.45, 2.75) is 13.8 Å². The van der Waals surface area contributed by atoms with Crippen LogP contribution < -0.4 is 10.6 Å². The van der Waals surface area contributed by atoms with Crippen LogP contribution >= 0.6 is 12.2 Å². The van der Waals surface area contributed by atoms with Crippen LogP contribution in [0, 0.1) is 19.7 Å². The van der Waals surface area contributed by atoms with Crippen LogP contribution in [0.2, 0.25) is 0 Å². The van der Waals surface area contributed by atoms with Crippen molar-refractivity contribution in [3.8, 4) is 0 Å². The molecule has 0 saturated heterocycles. The Hall–Kier alpha value is -1.94. The molecule has 4 heteroatoms. The summed E-state index contributed by atoms with van der Waals surface area (Å²) in [5.74, 6) is -0.312. The Labute approximate surface area is 117 Å². The molecule has 19 heavy (non-hydrogen) atoms. The van der Waals surface area contributed by atoms with Gasteiger partial charge < -0.3 is 10.6 Å². The molecule has 0 heterocycles. The van der Waals surface area contributed by atoms with Crippen molar-refractivity contribution in [1.82, 2.24) is 0 Å². The number of benzene rings is 2. The average molecular weight is 274 g/mol. The van der Waals surface area contributed by atoms with Crippen molar-refractivity contribution in [3.63, 3.8) is 0 Å². The van der Waals surface area contributed by atoms with Crippen molar-refractivity contribution in [2.24, 2.45) is 0 Å². The third-order valence-corrected chi connectivity index (χ3v) is 2.85. The van der Waals surface area contributed by atoms with E-state index < -0.39 is 0 Å². The molecular formula is C15H15FN2S. The Bertz CT molecular complexity index is 611. The van der Waals surface area contributed by atoms with Gasteiger partial charge in [0, 0.05) is 5.69 Å². The van der Waals surface area contributed by atoms with E-state index in [0.717, 1.165) is 16.8 Å². The predicted molar refractivity (Wildman–Crippen MR) is 82.2 cm³/mol. The lowest BCUT2D eigenvalue weighted by atomic mass is 10.2. The van der Waals surface area contributed by atoms with E-state index in [4.69, 9.17) is 12.2 Å². The molecule has 0 saturated carbocycles. The average Bonchev–Trinajstić information content (AvgIpc) is 2.33. The van der Waals surface area contributed by atoms with Gasteiger partial charge in [-0.25, -0.2) is 4.39 Å². The van der Waals surface area contributed by atoms with Crippen LogP contribution in [0.1, 0.15) is 11.1 Å². The van der Waals surface area contributed by atoms with Gasteiger partial charge in [0.2, 0.25) is 0 Å². The quantitative estimate of drug-likeness (QED) is 0.800. The number of hydrogen-bond acceptors (Lipinski definition) is 1. The Balaban J connectivity index is 2.05. The van der Waals surface area contributed by atoms with Gasteiger partial charge in [0.15, 0.2) is 5.11 Å². The molecule has 0 amide bonds. The zero-order valence-corrected chi connectivity index (χ0v) is 11.6. The van der Waals surface area contributed by atoms with Crippen LogP contribution in [0.4, 0.5) is 15.8 Å². The van der Waals surface area contributed by atoms with Gasteiger partial charge in [-0.05, 0) is 61.5 Å². The second-order valence-electron chi connectivity index (χ2n) is 4.43. The smallest absolute Gasteiger partial charge is 0.175 e. The molecule has 2 nitrogen and oxygen atoms in total. The van der Waals surface area contributed by atoms with E-state index in [9.17, 15) is 4.39 Å². The summed E-state index contributed by atoms with van der Waals surface area (Å²) in [7, 11) is 0. The molecule has 0 aliphatic heterocycles. The Morgan fingerprint density at radius 1 is 1.00 bits per heavy atom. The molecule has 98 valence electrons. The minimum atomic E-state index is -0.312. The van der Waals surface area contributed by atoms with Crippen LogP contribution in [-0.4, -0.2) is 5.11 Å². The molecule has 0 aliphatic carbocycles. The van der Waals surface area contributed by atoms with Gasteiger partial charge in [-0.3, -0.25) is 0 Å². The van der Waals surface area contributed by atoms with Gasteiger partial charge in [-0.15, -0.1) is 0 Å². The van der Waals surface area contributed by atoms with Crippen molar-refractivity contribution < 1.29 is 4.39 Å². The maximum absolute atomic E-state index is 13.7. The highest BCUT2D eigenvalue weighted by Gasteiger charge is 2.04. The van der Waals surface area contributed by atoms with Gasteiger partial charge in [0.05, 0.1) is 5.69 Å². The van der Waals surface area contributed by atoms with Crippen molar-refractivity contribution in [3.05, 3.63) is 59.4 Å². The van der Waals surface area contributed by atoms with E-state index in [1.165, 1.54) is 6.07 Å². The van der Waals surface area contributed by atoms with Gasteiger partial charge in [-0.2, -0.15) is 0 Å². The molecule has 0 fully saturated rings. The van der Waals surface area contributed by atoms with E-state index in [0.29, 0.717) is 10.8 Å². The van der Waals surface area contributed by atoms with E-state index in [-0.39, 0.29) is 5.82 Å². The molecule has 0 unspecified atom stereocenters. The summed E-state index contributed by atoms with van der Waals surface area (Å²) in [6.45, 7) is 3.84. The Kier molecular flexibility index (Phi) is 4.12. The van der Waals surface area contributed by atoms with Gasteiger partial charge in [-0.1, -0.05) is 18.2 Å². The summed E-state index contributed by atoms with van der Waals surface area (Å²) >= 11 is 5.16. The van der Waals surface area contributed by atoms with E-state index in [1.807, 2.05) is 44.2 Å². The summed E-state index contributed by atoms with van der Waals surface area (Å²) in [4.78, 5) is 0. The molecule has 0 spiro atoms. The number of rotatable bonds is 2. The highest BCUT2D eigenvalue weighted by Crippen LogP contribution is 2.16. The molecule has 0 aromatic heterocycles. The fraction of sp³-hybridized carbons (Fsp3) is 0.133. The molecule has 2 rings (SSSR count). The lowest BCUT2D eigenvalue weighted by molar-refractivity contribution is 0.631. The highest BCUT2D eigenvalue weighted by molar-refractivity contribution is 7.80. The molecule has 0 atom stereocenters. The first-order valence-corrected chi connectivity index (χ1v) is 6.36. The molecule has 2 aromatic carbocycles. The predicted octanol–water partition coefficient (Wildman–Crippen LogP) is 4.25.